The molecular formula is C13H23N3OS. The minimum atomic E-state index is 0.167. The van der Waals surface area contributed by atoms with Gasteiger partial charge in [0, 0.05) is 37.5 Å². The van der Waals surface area contributed by atoms with Crippen molar-refractivity contribution in [1.82, 2.24) is 15.2 Å². The molecule has 18 heavy (non-hydrogen) atoms. The summed E-state index contributed by atoms with van der Waals surface area (Å²) in [4.78, 5) is 6.99. The second-order valence-corrected chi connectivity index (χ2v) is 6.05. The number of hydrogen-bond acceptors (Lipinski definition) is 5. The molecule has 0 radical (unpaired) electrons. The first kappa shape index (κ1) is 13.9. The largest absolute Gasteiger partial charge is 0.368 e. The molecule has 1 atom stereocenters. The van der Waals surface area contributed by atoms with Crippen LogP contribution in [0.1, 0.15) is 30.7 Å². The molecule has 0 bridgehead atoms. The summed E-state index contributed by atoms with van der Waals surface area (Å²) in [6.45, 7) is 8.11. The summed E-state index contributed by atoms with van der Waals surface area (Å²) in [5.41, 5.74) is 1.18. The Hall–Kier alpha value is -0.490. The third-order valence-electron chi connectivity index (χ3n) is 3.05. The smallest absolute Gasteiger partial charge is 0.123 e. The van der Waals surface area contributed by atoms with Crippen LogP contribution in [-0.4, -0.2) is 49.2 Å². The van der Waals surface area contributed by atoms with E-state index in [0.29, 0.717) is 6.04 Å². The number of aromatic nitrogens is 1. The predicted molar refractivity (Wildman–Crippen MR) is 75.1 cm³/mol. The number of nitrogens with one attached hydrogen (secondary N) is 1. The van der Waals surface area contributed by atoms with E-state index in [1.54, 1.807) is 11.3 Å². The molecule has 0 aliphatic carbocycles. The van der Waals surface area contributed by atoms with Crippen LogP contribution in [0, 0.1) is 0 Å². The molecule has 0 amide bonds. The zero-order chi connectivity index (χ0) is 13.0. The lowest BCUT2D eigenvalue weighted by atomic mass is 10.3. The van der Waals surface area contributed by atoms with Crippen LogP contribution in [0.2, 0.25) is 0 Å². The predicted octanol–water partition coefficient (Wildman–Crippen LogP) is 1.69. The highest BCUT2D eigenvalue weighted by atomic mass is 32.1. The van der Waals surface area contributed by atoms with Gasteiger partial charge in [-0.15, -0.1) is 11.3 Å². The number of thiazole rings is 1. The molecule has 1 aromatic heterocycles. The first-order chi connectivity index (χ1) is 8.65. The van der Waals surface area contributed by atoms with Crippen molar-refractivity contribution in [2.24, 2.45) is 0 Å². The Balaban J connectivity index is 1.85. The highest BCUT2D eigenvalue weighted by Gasteiger charge is 2.22. The van der Waals surface area contributed by atoms with Gasteiger partial charge in [0.25, 0.3) is 0 Å². The van der Waals surface area contributed by atoms with Crippen LogP contribution in [0.15, 0.2) is 5.38 Å². The fourth-order valence-electron chi connectivity index (χ4n) is 2.00. The molecule has 2 heterocycles. The van der Waals surface area contributed by atoms with Crippen LogP contribution < -0.4 is 5.32 Å². The van der Waals surface area contributed by atoms with E-state index >= 15 is 0 Å². The van der Waals surface area contributed by atoms with Crippen molar-refractivity contribution in [3.8, 4) is 0 Å². The van der Waals surface area contributed by atoms with E-state index in [4.69, 9.17) is 9.72 Å². The van der Waals surface area contributed by atoms with Crippen LogP contribution in [0.5, 0.6) is 0 Å². The standard InChI is InChI=1S/C13H23N3OS/c1-10(2)14-5-4-11-9-18-13(15-11)12-8-16(3)6-7-17-12/h9-10,12,14H,4-8H2,1-3H3. The number of nitrogens with zero attached hydrogens (tertiary/aromatic N) is 2. The lowest BCUT2D eigenvalue weighted by molar-refractivity contribution is -0.0210. The van der Waals surface area contributed by atoms with Crippen molar-refractivity contribution >= 4 is 11.3 Å². The third kappa shape index (κ3) is 4.02. The Morgan fingerprint density at radius 2 is 2.44 bits per heavy atom. The minimum absolute atomic E-state index is 0.167. The normalized spacial score (nSPS) is 21.7. The lowest BCUT2D eigenvalue weighted by Crippen LogP contribution is -2.35. The van der Waals surface area contributed by atoms with Gasteiger partial charge < -0.3 is 15.0 Å². The van der Waals surface area contributed by atoms with Crippen molar-refractivity contribution in [1.29, 1.82) is 0 Å². The van der Waals surface area contributed by atoms with Gasteiger partial charge in [0.1, 0.15) is 11.1 Å². The number of likely N-dealkylation sites (N-methyl/N-ethyl adjacent to an activating group) is 1. The van der Waals surface area contributed by atoms with Gasteiger partial charge in [-0.2, -0.15) is 0 Å². The molecule has 5 heteroatoms. The van der Waals surface area contributed by atoms with Gasteiger partial charge in [0.15, 0.2) is 0 Å². The van der Waals surface area contributed by atoms with Gasteiger partial charge in [-0.05, 0) is 7.05 Å². The number of morpholine rings is 1. The van der Waals surface area contributed by atoms with Crippen LogP contribution in [0.4, 0.5) is 0 Å². The van der Waals surface area contributed by atoms with E-state index in [2.05, 4.69) is 36.5 Å². The molecule has 1 N–H and O–H groups in total. The summed E-state index contributed by atoms with van der Waals surface area (Å²) < 4.78 is 5.78. The molecular weight excluding hydrogens is 246 g/mol. The van der Waals surface area contributed by atoms with E-state index in [0.717, 1.165) is 37.7 Å². The molecule has 102 valence electrons. The topological polar surface area (TPSA) is 37.4 Å². The van der Waals surface area contributed by atoms with E-state index in [1.807, 2.05) is 0 Å². The Bertz CT molecular complexity index is 367. The van der Waals surface area contributed by atoms with Gasteiger partial charge in [0.2, 0.25) is 0 Å². The average Bonchev–Trinajstić information content (AvgIpc) is 2.77. The average molecular weight is 269 g/mol. The summed E-state index contributed by atoms with van der Waals surface area (Å²) in [6.07, 6.45) is 1.16. The molecule has 1 unspecified atom stereocenters. The molecule has 0 spiro atoms. The van der Waals surface area contributed by atoms with Crippen molar-refractivity contribution in [3.63, 3.8) is 0 Å². The van der Waals surface area contributed by atoms with Gasteiger partial charge >= 0.3 is 0 Å². The van der Waals surface area contributed by atoms with Gasteiger partial charge in [-0.1, -0.05) is 13.8 Å². The molecule has 0 aromatic carbocycles. The highest BCUT2D eigenvalue weighted by molar-refractivity contribution is 7.09. The number of ether oxygens (including phenoxy) is 1. The van der Waals surface area contributed by atoms with E-state index in [-0.39, 0.29) is 6.10 Å². The quantitative estimate of drug-likeness (QED) is 0.882. The van der Waals surface area contributed by atoms with Crippen molar-refractivity contribution in [3.05, 3.63) is 16.1 Å². The molecule has 4 nitrogen and oxygen atoms in total. The Morgan fingerprint density at radius 1 is 1.61 bits per heavy atom. The van der Waals surface area contributed by atoms with E-state index in [9.17, 15) is 0 Å². The van der Waals surface area contributed by atoms with Crippen LogP contribution in [-0.2, 0) is 11.2 Å². The van der Waals surface area contributed by atoms with E-state index in [1.165, 1.54) is 5.69 Å². The Kier molecular flexibility index (Phi) is 5.12. The maximum atomic E-state index is 5.78. The third-order valence-corrected chi connectivity index (χ3v) is 4.03. The van der Waals surface area contributed by atoms with Crippen LogP contribution >= 0.6 is 11.3 Å². The number of hydrogen-bond donors (Lipinski definition) is 1. The second-order valence-electron chi connectivity index (χ2n) is 5.16. The molecule has 1 aliphatic rings. The summed E-state index contributed by atoms with van der Waals surface area (Å²) >= 11 is 1.73. The molecule has 1 aromatic rings. The summed E-state index contributed by atoms with van der Waals surface area (Å²) in [7, 11) is 2.14. The minimum Gasteiger partial charge on any atom is -0.368 e. The van der Waals surface area contributed by atoms with Crippen molar-refractivity contribution in [2.45, 2.75) is 32.4 Å². The van der Waals surface area contributed by atoms with Crippen LogP contribution in [0.3, 0.4) is 0 Å². The first-order valence-electron chi connectivity index (χ1n) is 6.63. The van der Waals surface area contributed by atoms with Crippen molar-refractivity contribution < 1.29 is 4.74 Å². The lowest BCUT2D eigenvalue weighted by Gasteiger charge is -2.28. The molecule has 2 rings (SSSR count). The zero-order valence-electron chi connectivity index (χ0n) is 11.5. The zero-order valence-corrected chi connectivity index (χ0v) is 12.3. The second kappa shape index (κ2) is 6.61. The van der Waals surface area contributed by atoms with Crippen molar-refractivity contribution in [2.75, 3.05) is 33.3 Å². The highest BCUT2D eigenvalue weighted by Crippen LogP contribution is 2.24. The molecule has 1 aliphatic heterocycles. The fourth-order valence-corrected chi connectivity index (χ4v) is 2.89. The summed E-state index contributed by atoms with van der Waals surface area (Å²) in [5.74, 6) is 0. The van der Waals surface area contributed by atoms with E-state index < -0.39 is 0 Å². The Morgan fingerprint density at radius 3 is 3.17 bits per heavy atom. The van der Waals surface area contributed by atoms with Crippen LogP contribution in [0.25, 0.3) is 0 Å². The number of rotatable bonds is 5. The van der Waals surface area contributed by atoms with Gasteiger partial charge in [0.05, 0.1) is 12.3 Å². The maximum absolute atomic E-state index is 5.78. The maximum Gasteiger partial charge on any atom is 0.123 e. The fraction of sp³-hybridized carbons (Fsp3) is 0.769. The SMILES string of the molecule is CC(C)NCCc1csc(C2CN(C)CCO2)n1. The van der Waals surface area contributed by atoms with Gasteiger partial charge in [-0.3, -0.25) is 0 Å². The summed E-state index contributed by atoms with van der Waals surface area (Å²) in [6, 6.07) is 0.540. The monoisotopic (exact) mass is 269 g/mol. The van der Waals surface area contributed by atoms with Gasteiger partial charge in [-0.25, -0.2) is 4.98 Å². The first-order valence-corrected chi connectivity index (χ1v) is 7.51. The summed E-state index contributed by atoms with van der Waals surface area (Å²) in [5, 5.41) is 6.70. The molecule has 1 saturated heterocycles. The molecule has 0 saturated carbocycles. The Labute approximate surface area is 113 Å². The molecule has 1 fully saturated rings.